The number of carbonyl (C=O) groups is 1. The predicted molar refractivity (Wildman–Crippen MR) is 77.5 cm³/mol. The summed E-state index contributed by atoms with van der Waals surface area (Å²) in [7, 11) is 0. The number of nitrogens with zero attached hydrogens (tertiary/aromatic N) is 1. The van der Waals surface area contributed by atoms with Gasteiger partial charge in [-0.25, -0.2) is 0 Å². The molecule has 0 unspecified atom stereocenters. The fraction of sp³-hybridized carbons (Fsp3) is 0.143. The minimum Gasteiger partial charge on any atom is -0.484 e. The Labute approximate surface area is 132 Å². The molecule has 116 valence electrons. The quantitative estimate of drug-likeness (QED) is 0.883. The van der Waals surface area contributed by atoms with E-state index in [1.807, 2.05) is 0 Å². The summed E-state index contributed by atoms with van der Waals surface area (Å²) in [5.41, 5.74) is -1.36. The van der Waals surface area contributed by atoms with Gasteiger partial charge in [0.25, 0.3) is 5.91 Å². The smallest absolute Gasteiger partial charge is 0.419 e. The highest BCUT2D eigenvalue weighted by Gasteiger charge is 2.34. The number of hydrogen-bond acceptors (Lipinski definition) is 3. The van der Waals surface area contributed by atoms with E-state index in [1.54, 1.807) is 24.3 Å². The summed E-state index contributed by atoms with van der Waals surface area (Å²) < 4.78 is 44.3. The average Bonchev–Trinajstić information content (AvgIpc) is 2.45. The van der Waals surface area contributed by atoms with Crippen LogP contribution in [0.1, 0.15) is 5.56 Å². The minimum absolute atomic E-state index is 0.356. The van der Waals surface area contributed by atoms with Crippen LogP contribution in [0.25, 0.3) is 0 Å². The summed E-state index contributed by atoms with van der Waals surface area (Å²) >= 11 is 3.24. The topological polar surface area (TPSA) is 51.2 Å². The highest BCUT2D eigenvalue weighted by Crippen LogP contribution is 2.33. The highest BCUT2D eigenvalue weighted by molar-refractivity contribution is 9.10. The van der Waals surface area contributed by atoms with Crippen molar-refractivity contribution in [2.24, 2.45) is 0 Å². The second kappa shape index (κ2) is 6.78. The Morgan fingerprint density at radius 1 is 1.32 bits per heavy atom. The Hall–Kier alpha value is -2.09. The first-order chi connectivity index (χ1) is 10.4. The molecule has 22 heavy (non-hydrogen) atoms. The number of ether oxygens (including phenoxy) is 1. The summed E-state index contributed by atoms with van der Waals surface area (Å²) in [6.45, 7) is -0.407. The van der Waals surface area contributed by atoms with E-state index in [2.05, 4.69) is 26.2 Å². The molecule has 0 saturated heterocycles. The van der Waals surface area contributed by atoms with Crippen LogP contribution < -0.4 is 10.1 Å². The third-order valence-electron chi connectivity index (χ3n) is 2.57. The molecule has 2 rings (SSSR count). The number of aromatic nitrogens is 1. The van der Waals surface area contributed by atoms with E-state index >= 15 is 0 Å². The number of carbonyl (C=O) groups excluding carboxylic acids is 1. The molecule has 2 aromatic rings. The molecule has 1 aromatic heterocycles. The van der Waals surface area contributed by atoms with Crippen molar-refractivity contribution >= 4 is 27.5 Å². The number of pyridine rings is 1. The summed E-state index contributed by atoms with van der Waals surface area (Å²) in [4.78, 5) is 15.1. The van der Waals surface area contributed by atoms with Gasteiger partial charge in [-0.1, -0.05) is 22.0 Å². The van der Waals surface area contributed by atoms with Gasteiger partial charge in [-0.2, -0.15) is 13.2 Å². The molecule has 0 aliphatic rings. The summed E-state index contributed by atoms with van der Waals surface area (Å²) in [5, 5.41) is 2.17. The summed E-state index contributed by atoms with van der Waals surface area (Å²) in [6, 6.07) is 7.84. The highest BCUT2D eigenvalue weighted by atomic mass is 79.9. The van der Waals surface area contributed by atoms with Crippen molar-refractivity contribution in [1.29, 1.82) is 0 Å². The molecule has 0 aliphatic carbocycles. The van der Waals surface area contributed by atoms with Gasteiger partial charge in [-0.15, -0.1) is 0 Å². The number of nitrogens with one attached hydrogen (secondary N) is 1. The van der Waals surface area contributed by atoms with E-state index in [0.29, 0.717) is 11.9 Å². The largest absolute Gasteiger partial charge is 0.484 e. The van der Waals surface area contributed by atoms with Crippen LogP contribution in [0.5, 0.6) is 5.75 Å². The molecule has 8 heteroatoms. The molecular weight excluding hydrogens is 365 g/mol. The second-order valence-corrected chi connectivity index (χ2v) is 5.13. The van der Waals surface area contributed by atoms with E-state index < -0.39 is 24.3 Å². The molecule has 1 heterocycles. The van der Waals surface area contributed by atoms with E-state index in [9.17, 15) is 18.0 Å². The SMILES string of the molecule is O=C(COc1cccc(Br)c1)Nc1ccncc1C(F)(F)F. The van der Waals surface area contributed by atoms with E-state index in [1.165, 1.54) is 6.20 Å². The van der Waals surface area contributed by atoms with Gasteiger partial charge in [-0.05, 0) is 24.3 Å². The van der Waals surface area contributed by atoms with Crippen LogP contribution in [-0.4, -0.2) is 17.5 Å². The Kier molecular flexibility index (Phi) is 5.02. The molecule has 0 atom stereocenters. The van der Waals surface area contributed by atoms with Crippen LogP contribution in [-0.2, 0) is 11.0 Å². The lowest BCUT2D eigenvalue weighted by Crippen LogP contribution is -2.22. The monoisotopic (exact) mass is 374 g/mol. The van der Waals surface area contributed by atoms with Gasteiger partial charge in [0.15, 0.2) is 6.61 Å². The van der Waals surface area contributed by atoms with E-state index in [-0.39, 0.29) is 5.69 Å². The number of anilines is 1. The molecule has 1 amide bonds. The van der Waals surface area contributed by atoms with Gasteiger partial charge >= 0.3 is 6.18 Å². The molecule has 1 aromatic carbocycles. The lowest BCUT2D eigenvalue weighted by atomic mass is 10.2. The molecule has 0 saturated carbocycles. The van der Waals surface area contributed by atoms with E-state index in [0.717, 1.165) is 10.5 Å². The molecule has 0 aliphatic heterocycles. The average molecular weight is 375 g/mol. The lowest BCUT2D eigenvalue weighted by molar-refractivity contribution is -0.137. The molecule has 0 spiro atoms. The van der Waals surface area contributed by atoms with Gasteiger partial charge in [0.1, 0.15) is 5.75 Å². The maximum Gasteiger partial charge on any atom is 0.419 e. The fourth-order valence-electron chi connectivity index (χ4n) is 1.62. The molecule has 1 N–H and O–H groups in total. The van der Waals surface area contributed by atoms with Crippen molar-refractivity contribution in [3.05, 3.63) is 52.8 Å². The van der Waals surface area contributed by atoms with Crippen LogP contribution in [0.4, 0.5) is 18.9 Å². The van der Waals surface area contributed by atoms with Gasteiger partial charge in [-0.3, -0.25) is 9.78 Å². The Morgan fingerprint density at radius 3 is 2.77 bits per heavy atom. The first-order valence-electron chi connectivity index (χ1n) is 6.05. The van der Waals surface area contributed by atoms with Crippen molar-refractivity contribution in [3.63, 3.8) is 0 Å². The minimum atomic E-state index is -4.60. The lowest BCUT2D eigenvalue weighted by Gasteiger charge is -2.13. The van der Waals surface area contributed by atoms with Crippen LogP contribution >= 0.6 is 15.9 Å². The molecule has 4 nitrogen and oxygen atoms in total. The molecular formula is C14H10BrF3N2O2. The zero-order chi connectivity index (χ0) is 16.2. The van der Waals surface area contributed by atoms with Crippen molar-refractivity contribution < 1.29 is 22.7 Å². The van der Waals surface area contributed by atoms with E-state index in [4.69, 9.17) is 4.74 Å². The number of halogens is 4. The first-order valence-corrected chi connectivity index (χ1v) is 6.85. The maximum atomic E-state index is 12.8. The predicted octanol–water partition coefficient (Wildman–Crippen LogP) is 3.88. The number of benzene rings is 1. The number of rotatable bonds is 4. The van der Waals surface area contributed by atoms with Gasteiger partial charge in [0, 0.05) is 16.9 Å². The van der Waals surface area contributed by atoms with Crippen molar-refractivity contribution in [2.75, 3.05) is 11.9 Å². The molecule has 0 radical (unpaired) electrons. The van der Waals surface area contributed by atoms with Crippen molar-refractivity contribution in [2.45, 2.75) is 6.18 Å². The normalized spacial score (nSPS) is 11.1. The standard InChI is InChI=1S/C14H10BrF3N2O2/c15-9-2-1-3-10(6-9)22-8-13(21)20-12-4-5-19-7-11(12)14(16,17)18/h1-7H,8H2,(H,19,20,21). The third kappa shape index (κ3) is 4.45. The zero-order valence-electron chi connectivity index (χ0n) is 11.0. The van der Waals surface area contributed by atoms with Crippen molar-refractivity contribution in [1.82, 2.24) is 4.98 Å². The summed E-state index contributed by atoms with van der Waals surface area (Å²) in [6.07, 6.45) is -2.77. The van der Waals surface area contributed by atoms with Gasteiger partial charge in [0.05, 0.1) is 11.3 Å². The third-order valence-corrected chi connectivity index (χ3v) is 3.06. The summed E-state index contributed by atoms with van der Waals surface area (Å²) in [5.74, 6) is -0.271. The Bertz CT molecular complexity index is 677. The number of alkyl halides is 3. The first kappa shape index (κ1) is 16.3. The van der Waals surface area contributed by atoms with Crippen LogP contribution in [0.3, 0.4) is 0 Å². The van der Waals surface area contributed by atoms with Crippen LogP contribution in [0, 0.1) is 0 Å². The maximum absolute atomic E-state index is 12.8. The fourth-order valence-corrected chi connectivity index (χ4v) is 2.00. The van der Waals surface area contributed by atoms with Gasteiger partial charge < -0.3 is 10.1 Å². The Morgan fingerprint density at radius 2 is 2.09 bits per heavy atom. The number of amides is 1. The second-order valence-electron chi connectivity index (χ2n) is 4.21. The van der Waals surface area contributed by atoms with Gasteiger partial charge in [0.2, 0.25) is 0 Å². The Balaban J connectivity index is 2.01. The zero-order valence-corrected chi connectivity index (χ0v) is 12.6. The molecule has 0 bridgehead atoms. The molecule has 0 fully saturated rings. The van der Waals surface area contributed by atoms with Crippen LogP contribution in [0.2, 0.25) is 0 Å². The van der Waals surface area contributed by atoms with Crippen LogP contribution in [0.15, 0.2) is 47.2 Å². The number of hydrogen-bond donors (Lipinski definition) is 1. The van der Waals surface area contributed by atoms with Crippen molar-refractivity contribution in [3.8, 4) is 5.75 Å².